The maximum absolute atomic E-state index is 11.2. The summed E-state index contributed by atoms with van der Waals surface area (Å²) >= 11 is 0. The lowest BCUT2D eigenvalue weighted by molar-refractivity contribution is 0.482. The van der Waals surface area contributed by atoms with Crippen LogP contribution in [0, 0.1) is 0 Å². The van der Waals surface area contributed by atoms with E-state index < -0.39 is 0 Å². The molecule has 5 aromatic carbocycles. The summed E-state index contributed by atoms with van der Waals surface area (Å²) in [5.41, 5.74) is 15.1. The quantitative estimate of drug-likeness (QED) is 0.225. The van der Waals surface area contributed by atoms with Crippen LogP contribution in [-0.2, 0) is 10.8 Å². The average Bonchev–Trinajstić information content (AvgIpc) is 3.64. The highest BCUT2D eigenvalue weighted by Crippen LogP contribution is 2.57. The predicted octanol–water partition coefficient (Wildman–Crippen LogP) is 10.0. The SMILES string of the molecule is CC1(C)c2cc(-c3nc4ccccc4o3)ccc2-c2cc3c(cc21)-c1ccc(-c2ccc4cccnc4c2O)cc1C3(C)C. The molecule has 1 N–H and O–H groups in total. The Balaban J connectivity index is 1.16. The number of aromatic nitrogens is 2. The molecule has 0 unspecified atom stereocenters. The molecule has 2 aliphatic carbocycles. The van der Waals surface area contributed by atoms with E-state index in [1.165, 1.54) is 44.5 Å². The summed E-state index contributed by atoms with van der Waals surface area (Å²) in [5.74, 6) is 0.883. The molecule has 0 radical (unpaired) electrons. The zero-order valence-corrected chi connectivity index (χ0v) is 25.1. The maximum Gasteiger partial charge on any atom is 0.227 e. The first-order chi connectivity index (χ1) is 21.2. The van der Waals surface area contributed by atoms with Crippen molar-refractivity contribution in [1.82, 2.24) is 9.97 Å². The lowest BCUT2D eigenvalue weighted by atomic mass is 9.79. The highest BCUT2D eigenvalue weighted by Gasteiger charge is 2.42. The van der Waals surface area contributed by atoms with E-state index in [1.54, 1.807) is 6.20 Å². The first-order valence-electron chi connectivity index (χ1n) is 15.1. The van der Waals surface area contributed by atoms with Crippen LogP contribution in [0.3, 0.4) is 0 Å². The van der Waals surface area contributed by atoms with Crippen molar-refractivity contribution in [2.45, 2.75) is 38.5 Å². The fraction of sp³-hybridized carbons (Fsp3) is 0.150. The molecule has 0 spiro atoms. The first-order valence-corrected chi connectivity index (χ1v) is 15.1. The molecular formula is C40H30N2O2. The Morgan fingerprint density at radius 3 is 1.91 bits per heavy atom. The summed E-state index contributed by atoms with van der Waals surface area (Å²) in [7, 11) is 0. The average molecular weight is 571 g/mol. The molecule has 44 heavy (non-hydrogen) atoms. The van der Waals surface area contributed by atoms with Crippen LogP contribution in [0.2, 0.25) is 0 Å². The van der Waals surface area contributed by atoms with Crippen LogP contribution >= 0.6 is 0 Å². The minimum Gasteiger partial charge on any atom is -0.505 e. The predicted molar refractivity (Wildman–Crippen MR) is 177 cm³/mol. The first kappa shape index (κ1) is 25.3. The number of oxazole rings is 1. The van der Waals surface area contributed by atoms with Crippen molar-refractivity contribution < 1.29 is 9.52 Å². The van der Waals surface area contributed by atoms with E-state index in [9.17, 15) is 5.11 Å². The summed E-state index contributed by atoms with van der Waals surface area (Å²) in [5, 5.41) is 12.1. The number of benzene rings is 5. The van der Waals surface area contributed by atoms with Gasteiger partial charge in [0.25, 0.3) is 0 Å². The lowest BCUT2D eigenvalue weighted by Crippen LogP contribution is -2.17. The number of hydrogen-bond donors (Lipinski definition) is 1. The summed E-state index contributed by atoms with van der Waals surface area (Å²) < 4.78 is 6.13. The standard InChI is InChI=1S/C40H30N2O2/c1-39(2)30-18-23(25-14-11-22-8-7-17-41-36(22)37(25)43)12-15-26(30)28-20-33-29(21-32(28)39)27-16-13-24(19-31(27)40(33,3)4)38-42-34-9-5-6-10-35(34)44-38/h5-21,43H,1-4H3. The second-order valence-electron chi connectivity index (χ2n) is 13.2. The minimum absolute atomic E-state index is 0.182. The molecule has 4 heteroatoms. The highest BCUT2D eigenvalue weighted by molar-refractivity contribution is 5.94. The van der Waals surface area contributed by atoms with Gasteiger partial charge in [-0.1, -0.05) is 70.2 Å². The third kappa shape index (κ3) is 3.28. The van der Waals surface area contributed by atoms with Crippen LogP contribution < -0.4 is 0 Å². The fourth-order valence-electron chi connectivity index (χ4n) is 7.62. The Kier molecular flexibility index (Phi) is 4.86. The smallest absolute Gasteiger partial charge is 0.227 e. The zero-order valence-electron chi connectivity index (χ0n) is 25.1. The molecule has 7 aromatic rings. The van der Waals surface area contributed by atoms with E-state index in [1.807, 2.05) is 48.5 Å². The van der Waals surface area contributed by atoms with Crippen LogP contribution in [0.5, 0.6) is 5.75 Å². The van der Waals surface area contributed by atoms with E-state index in [0.717, 1.165) is 33.2 Å². The van der Waals surface area contributed by atoms with Crippen LogP contribution in [0.15, 0.2) is 108 Å². The van der Waals surface area contributed by atoms with Gasteiger partial charge in [-0.2, -0.15) is 0 Å². The third-order valence-corrected chi connectivity index (χ3v) is 10.1. The molecule has 0 atom stereocenters. The van der Waals surface area contributed by atoms with Crippen molar-refractivity contribution in [3.8, 4) is 50.6 Å². The Bertz CT molecular complexity index is 2330. The summed E-state index contributed by atoms with van der Waals surface area (Å²) in [6.07, 6.45) is 1.73. The van der Waals surface area contributed by atoms with Crippen molar-refractivity contribution in [1.29, 1.82) is 0 Å². The number of pyridine rings is 1. The number of phenols is 1. The molecule has 4 nitrogen and oxygen atoms in total. The van der Waals surface area contributed by atoms with Crippen molar-refractivity contribution >= 4 is 22.0 Å². The van der Waals surface area contributed by atoms with E-state index in [0.29, 0.717) is 11.4 Å². The van der Waals surface area contributed by atoms with Gasteiger partial charge in [-0.3, -0.25) is 4.98 Å². The molecule has 0 aliphatic heterocycles. The molecule has 0 bridgehead atoms. The molecule has 0 amide bonds. The monoisotopic (exact) mass is 570 g/mol. The van der Waals surface area contributed by atoms with Gasteiger partial charge in [-0.15, -0.1) is 0 Å². The van der Waals surface area contributed by atoms with Gasteiger partial charge in [-0.05, 0) is 105 Å². The molecular weight excluding hydrogens is 540 g/mol. The highest BCUT2D eigenvalue weighted by atomic mass is 16.3. The normalized spacial score (nSPS) is 15.3. The number of fused-ring (bicyclic) bond motifs is 8. The van der Waals surface area contributed by atoms with Crippen LogP contribution in [0.4, 0.5) is 0 Å². The number of rotatable bonds is 2. The molecule has 212 valence electrons. The topological polar surface area (TPSA) is 59.2 Å². The molecule has 2 aliphatic rings. The minimum atomic E-state index is -0.203. The van der Waals surface area contributed by atoms with Crippen molar-refractivity contribution in [2.24, 2.45) is 0 Å². The van der Waals surface area contributed by atoms with Gasteiger partial charge < -0.3 is 9.52 Å². The Labute approximate surface area is 255 Å². The molecule has 0 fully saturated rings. The van der Waals surface area contributed by atoms with Gasteiger partial charge in [0.05, 0.1) is 0 Å². The van der Waals surface area contributed by atoms with Gasteiger partial charge in [0.15, 0.2) is 5.58 Å². The fourth-order valence-corrected chi connectivity index (χ4v) is 7.62. The lowest BCUT2D eigenvalue weighted by Gasteiger charge is -2.24. The summed E-state index contributed by atoms with van der Waals surface area (Å²) in [6.45, 7) is 9.26. The molecule has 2 aromatic heterocycles. The Hall–Kier alpha value is -5.22. The largest absolute Gasteiger partial charge is 0.505 e. The third-order valence-electron chi connectivity index (χ3n) is 10.1. The van der Waals surface area contributed by atoms with E-state index in [2.05, 4.69) is 81.2 Å². The van der Waals surface area contributed by atoms with Crippen molar-refractivity contribution in [3.63, 3.8) is 0 Å². The van der Waals surface area contributed by atoms with Crippen molar-refractivity contribution in [3.05, 3.63) is 126 Å². The number of aromatic hydroxyl groups is 1. The van der Waals surface area contributed by atoms with Crippen molar-refractivity contribution in [2.75, 3.05) is 0 Å². The van der Waals surface area contributed by atoms with Gasteiger partial charge >= 0.3 is 0 Å². The summed E-state index contributed by atoms with van der Waals surface area (Å²) in [4.78, 5) is 9.20. The number of nitrogens with zero attached hydrogens (tertiary/aromatic N) is 2. The van der Waals surface area contributed by atoms with Crippen LogP contribution in [-0.4, -0.2) is 15.1 Å². The Morgan fingerprint density at radius 2 is 1.20 bits per heavy atom. The molecule has 2 heterocycles. The number of phenolic OH excluding ortho intramolecular Hbond substituents is 1. The van der Waals surface area contributed by atoms with Gasteiger partial charge in [0.2, 0.25) is 5.89 Å². The van der Waals surface area contributed by atoms with E-state index in [4.69, 9.17) is 9.40 Å². The molecule has 9 rings (SSSR count). The number of para-hydroxylation sites is 2. The number of hydrogen-bond acceptors (Lipinski definition) is 4. The summed E-state index contributed by atoms with van der Waals surface area (Å²) in [6, 6.07) is 33.9. The van der Waals surface area contributed by atoms with Crippen LogP contribution in [0.25, 0.3) is 66.8 Å². The molecule has 0 saturated carbocycles. The Morgan fingerprint density at radius 1 is 0.591 bits per heavy atom. The van der Waals surface area contributed by atoms with E-state index in [-0.39, 0.29) is 16.6 Å². The van der Waals surface area contributed by atoms with Gasteiger partial charge in [-0.25, -0.2) is 4.98 Å². The van der Waals surface area contributed by atoms with Gasteiger partial charge in [0.1, 0.15) is 16.8 Å². The second-order valence-corrected chi connectivity index (χ2v) is 13.2. The van der Waals surface area contributed by atoms with E-state index >= 15 is 0 Å². The molecule has 0 saturated heterocycles. The maximum atomic E-state index is 11.2. The zero-order chi connectivity index (χ0) is 30.0. The second kappa shape index (κ2) is 8.45. The van der Waals surface area contributed by atoms with Gasteiger partial charge in [0, 0.05) is 33.5 Å². The van der Waals surface area contributed by atoms with Crippen LogP contribution in [0.1, 0.15) is 49.9 Å².